The molecular weight excluding hydrogens is 377 g/mol. The summed E-state index contributed by atoms with van der Waals surface area (Å²) in [6, 6.07) is 5.94. The van der Waals surface area contributed by atoms with E-state index >= 15 is 0 Å². The molecule has 1 unspecified atom stereocenters. The largest absolute Gasteiger partial charge is 0.356 e. The summed E-state index contributed by atoms with van der Waals surface area (Å²) < 4.78 is 0. The maximum Gasteiger partial charge on any atom is 0.191 e. The highest BCUT2D eigenvalue weighted by molar-refractivity contribution is 14.0. The molecule has 118 valence electrons. The first-order chi connectivity index (χ1) is 9.78. The first-order valence-electron chi connectivity index (χ1n) is 7.31. The summed E-state index contributed by atoms with van der Waals surface area (Å²) in [6.45, 7) is 4.07. The minimum atomic E-state index is 0. The van der Waals surface area contributed by atoms with Gasteiger partial charge in [-0.25, -0.2) is 0 Å². The molecule has 0 radical (unpaired) electrons. The van der Waals surface area contributed by atoms with Gasteiger partial charge < -0.3 is 15.5 Å². The first-order valence-corrected chi connectivity index (χ1v) is 7.31. The highest BCUT2D eigenvalue weighted by Crippen LogP contribution is 2.13. The zero-order valence-electron chi connectivity index (χ0n) is 12.9. The molecule has 0 bridgehead atoms. The van der Waals surface area contributed by atoms with E-state index in [0.29, 0.717) is 12.5 Å². The van der Waals surface area contributed by atoms with E-state index in [9.17, 15) is 0 Å². The second-order valence-corrected chi connectivity index (χ2v) is 5.40. The van der Waals surface area contributed by atoms with Crippen molar-refractivity contribution in [3.8, 4) is 0 Å². The number of aromatic nitrogens is 1. The number of guanidine groups is 1. The van der Waals surface area contributed by atoms with Crippen molar-refractivity contribution >= 4 is 29.9 Å². The lowest BCUT2D eigenvalue weighted by molar-refractivity contribution is 0.210. The zero-order valence-corrected chi connectivity index (χ0v) is 15.2. The van der Waals surface area contributed by atoms with Gasteiger partial charge in [0.1, 0.15) is 0 Å². The molecule has 2 rings (SSSR count). The predicted molar refractivity (Wildman–Crippen MR) is 98.1 cm³/mol. The van der Waals surface area contributed by atoms with Crippen LogP contribution in [0.1, 0.15) is 18.5 Å². The number of halogens is 1. The summed E-state index contributed by atoms with van der Waals surface area (Å²) in [6.07, 6.45) is 4.41. The minimum absolute atomic E-state index is 0. The van der Waals surface area contributed by atoms with Gasteiger partial charge in [-0.2, -0.15) is 0 Å². The van der Waals surface area contributed by atoms with Gasteiger partial charge >= 0.3 is 0 Å². The predicted octanol–water partition coefficient (Wildman–Crippen LogP) is 1.71. The van der Waals surface area contributed by atoms with Crippen LogP contribution in [0.5, 0.6) is 0 Å². The standard InChI is InChI=1S/C15H25N5.HI/c1-16-15(19-11-14-7-3-4-8-17-14)18-10-13-6-5-9-20(2)12-13;/h3-4,7-8,13H,5-6,9-12H2,1-2H3,(H2,16,18,19);1H. The maximum atomic E-state index is 4.29. The number of hydrogen-bond acceptors (Lipinski definition) is 3. The van der Waals surface area contributed by atoms with E-state index in [-0.39, 0.29) is 24.0 Å². The van der Waals surface area contributed by atoms with Crippen molar-refractivity contribution < 1.29 is 0 Å². The average Bonchev–Trinajstić information content (AvgIpc) is 2.48. The van der Waals surface area contributed by atoms with E-state index in [1.54, 1.807) is 7.05 Å². The third kappa shape index (κ3) is 6.60. The molecule has 5 nitrogen and oxygen atoms in total. The lowest BCUT2D eigenvalue weighted by Gasteiger charge is -2.30. The molecule has 0 aliphatic carbocycles. The van der Waals surface area contributed by atoms with Crippen molar-refractivity contribution in [2.75, 3.05) is 33.7 Å². The van der Waals surface area contributed by atoms with Crippen LogP contribution in [0, 0.1) is 5.92 Å². The van der Waals surface area contributed by atoms with Crippen molar-refractivity contribution in [2.24, 2.45) is 10.9 Å². The average molecular weight is 403 g/mol. The van der Waals surface area contributed by atoms with E-state index in [1.807, 2.05) is 24.4 Å². The molecular formula is C15H26IN5. The zero-order chi connectivity index (χ0) is 14.2. The van der Waals surface area contributed by atoms with Gasteiger partial charge in [0.2, 0.25) is 0 Å². The Hall–Kier alpha value is -0.890. The fraction of sp³-hybridized carbons (Fsp3) is 0.600. The van der Waals surface area contributed by atoms with Gasteiger partial charge in [-0.3, -0.25) is 9.98 Å². The summed E-state index contributed by atoms with van der Waals surface area (Å²) in [4.78, 5) is 11.0. The number of hydrogen-bond donors (Lipinski definition) is 2. The summed E-state index contributed by atoms with van der Waals surface area (Å²) in [5.74, 6) is 1.56. The van der Waals surface area contributed by atoms with Crippen LogP contribution in [0.4, 0.5) is 0 Å². The van der Waals surface area contributed by atoms with Crippen LogP contribution in [-0.2, 0) is 6.54 Å². The van der Waals surface area contributed by atoms with Gasteiger partial charge in [0.15, 0.2) is 5.96 Å². The highest BCUT2D eigenvalue weighted by Gasteiger charge is 2.17. The van der Waals surface area contributed by atoms with E-state index in [4.69, 9.17) is 0 Å². The Morgan fingerprint density at radius 2 is 2.29 bits per heavy atom. The molecule has 2 heterocycles. The first kappa shape index (κ1) is 18.2. The number of piperidine rings is 1. The molecule has 1 aromatic rings. The van der Waals surface area contributed by atoms with Gasteiger partial charge in [0.25, 0.3) is 0 Å². The number of nitrogens with zero attached hydrogens (tertiary/aromatic N) is 3. The number of likely N-dealkylation sites (tertiary alicyclic amines) is 1. The maximum absolute atomic E-state index is 4.29. The molecule has 2 N–H and O–H groups in total. The van der Waals surface area contributed by atoms with Crippen molar-refractivity contribution in [1.29, 1.82) is 0 Å². The molecule has 1 saturated heterocycles. The molecule has 1 atom stereocenters. The Morgan fingerprint density at radius 1 is 1.43 bits per heavy atom. The molecule has 0 spiro atoms. The second-order valence-electron chi connectivity index (χ2n) is 5.40. The summed E-state index contributed by atoms with van der Waals surface area (Å²) in [5.41, 5.74) is 1.02. The molecule has 1 aliphatic heterocycles. The molecule has 1 fully saturated rings. The molecule has 1 aliphatic rings. The van der Waals surface area contributed by atoms with Gasteiger partial charge in [-0.15, -0.1) is 24.0 Å². The summed E-state index contributed by atoms with van der Waals surface area (Å²) in [5, 5.41) is 6.71. The molecule has 0 aromatic carbocycles. The van der Waals surface area contributed by atoms with Crippen LogP contribution in [0.3, 0.4) is 0 Å². The molecule has 21 heavy (non-hydrogen) atoms. The normalized spacial score (nSPS) is 19.7. The van der Waals surface area contributed by atoms with Gasteiger partial charge in [-0.05, 0) is 44.5 Å². The lowest BCUT2D eigenvalue weighted by atomic mass is 9.99. The Morgan fingerprint density at radius 3 is 2.95 bits per heavy atom. The van der Waals surface area contributed by atoms with Gasteiger partial charge in [-0.1, -0.05) is 6.07 Å². The Kier molecular flexibility index (Phi) is 8.60. The van der Waals surface area contributed by atoms with E-state index in [1.165, 1.54) is 25.9 Å². The Bertz CT molecular complexity index is 423. The van der Waals surface area contributed by atoms with Crippen LogP contribution >= 0.6 is 24.0 Å². The monoisotopic (exact) mass is 403 g/mol. The SMILES string of the molecule is CN=C(NCc1ccccn1)NCC1CCCN(C)C1.I. The fourth-order valence-electron chi connectivity index (χ4n) is 2.58. The van der Waals surface area contributed by atoms with Crippen LogP contribution in [0.15, 0.2) is 29.4 Å². The van der Waals surface area contributed by atoms with Crippen LogP contribution in [-0.4, -0.2) is 49.6 Å². The third-order valence-electron chi connectivity index (χ3n) is 3.67. The molecule has 1 aromatic heterocycles. The van der Waals surface area contributed by atoms with Crippen LogP contribution in [0.25, 0.3) is 0 Å². The smallest absolute Gasteiger partial charge is 0.191 e. The van der Waals surface area contributed by atoms with Crippen LogP contribution in [0.2, 0.25) is 0 Å². The van der Waals surface area contributed by atoms with E-state index < -0.39 is 0 Å². The fourth-order valence-corrected chi connectivity index (χ4v) is 2.58. The number of aliphatic imine (C=N–C) groups is 1. The molecule has 6 heteroatoms. The number of nitrogens with one attached hydrogen (secondary N) is 2. The van der Waals surface area contributed by atoms with Crippen molar-refractivity contribution in [3.05, 3.63) is 30.1 Å². The number of rotatable bonds is 4. The lowest BCUT2D eigenvalue weighted by Crippen LogP contribution is -2.43. The minimum Gasteiger partial charge on any atom is -0.356 e. The van der Waals surface area contributed by atoms with Crippen molar-refractivity contribution in [3.63, 3.8) is 0 Å². The summed E-state index contributed by atoms with van der Waals surface area (Å²) >= 11 is 0. The molecule has 0 saturated carbocycles. The van der Waals surface area contributed by atoms with Gasteiger partial charge in [0, 0.05) is 26.3 Å². The van der Waals surface area contributed by atoms with E-state index in [2.05, 4.69) is 32.6 Å². The highest BCUT2D eigenvalue weighted by atomic mass is 127. The van der Waals surface area contributed by atoms with Crippen LogP contribution < -0.4 is 10.6 Å². The second kappa shape index (κ2) is 9.94. The van der Waals surface area contributed by atoms with E-state index in [0.717, 1.165) is 18.2 Å². The quantitative estimate of drug-likeness (QED) is 0.457. The topological polar surface area (TPSA) is 52.6 Å². The third-order valence-corrected chi connectivity index (χ3v) is 3.67. The Balaban J connectivity index is 0.00000220. The van der Waals surface area contributed by atoms with Gasteiger partial charge in [0.05, 0.1) is 12.2 Å². The summed E-state index contributed by atoms with van der Waals surface area (Å²) in [7, 11) is 4.00. The number of pyridine rings is 1. The Labute approximate surface area is 144 Å². The van der Waals surface area contributed by atoms with Crippen molar-refractivity contribution in [1.82, 2.24) is 20.5 Å². The molecule has 0 amide bonds. The van der Waals surface area contributed by atoms with Crippen molar-refractivity contribution in [2.45, 2.75) is 19.4 Å².